The highest BCUT2D eigenvalue weighted by Gasteiger charge is 2.02. The molecule has 0 bridgehead atoms. The molecule has 1 heterocycles. The van der Waals surface area contributed by atoms with Gasteiger partial charge in [-0.15, -0.1) is 0 Å². The lowest BCUT2D eigenvalue weighted by Gasteiger charge is -2.20. The molecular formula is C11H16N2. The van der Waals surface area contributed by atoms with Crippen molar-refractivity contribution in [2.24, 2.45) is 0 Å². The Morgan fingerprint density at radius 3 is 2.85 bits per heavy atom. The summed E-state index contributed by atoms with van der Waals surface area (Å²) in [6.07, 6.45) is 3.70. The van der Waals surface area contributed by atoms with E-state index in [-0.39, 0.29) is 0 Å². The molecule has 0 spiro atoms. The lowest BCUT2D eigenvalue weighted by molar-refractivity contribution is 0.973. The lowest BCUT2D eigenvalue weighted by Crippen LogP contribution is -2.19. The maximum Gasteiger partial charge on any atom is 0.0427 e. The molecule has 1 rings (SSSR count). The van der Waals surface area contributed by atoms with Crippen LogP contribution in [0, 0.1) is 6.92 Å². The van der Waals surface area contributed by atoms with Crippen molar-refractivity contribution in [2.45, 2.75) is 13.8 Å². The Labute approximate surface area is 79.9 Å². The second kappa shape index (κ2) is 4.08. The van der Waals surface area contributed by atoms with Gasteiger partial charge >= 0.3 is 0 Å². The minimum absolute atomic E-state index is 0.894. The Hall–Kier alpha value is -1.31. The van der Waals surface area contributed by atoms with Crippen molar-refractivity contribution >= 4 is 5.69 Å². The van der Waals surface area contributed by atoms with Crippen LogP contribution in [0.25, 0.3) is 0 Å². The van der Waals surface area contributed by atoms with Crippen molar-refractivity contribution in [3.63, 3.8) is 0 Å². The quantitative estimate of drug-likeness (QED) is 0.657. The Morgan fingerprint density at radius 1 is 1.62 bits per heavy atom. The normalized spacial score (nSPS) is 9.77. The summed E-state index contributed by atoms with van der Waals surface area (Å²) in [5.74, 6) is 0. The number of aromatic nitrogens is 1. The first kappa shape index (κ1) is 9.78. The highest BCUT2D eigenvalue weighted by Crippen LogP contribution is 2.16. The predicted molar refractivity (Wildman–Crippen MR) is 57.1 cm³/mol. The van der Waals surface area contributed by atoms with E-state index in [2.05, 4.69) is 30.4 Å². The van der Waals surface area contributed by atoms with E-state index in [0.29, 0.717) is 0 Å². The fourth-order valence-electron chi connectivity index (χ4n) is 1.38. The van der Waals surface area contributed by atoms with Gasteiger partial charge in [-0.2, -0.15) is 0 Å². The number of rotatable bonds is 3. The van der Waals surface area contributed by atoms with Crippen LogP contribution >= 0.6 is 0 Å². The fourth-order valence-corrected chi connectivity index (χ4v) is 1.38. The minimum atomic E-state index is 0.894. The zero-order chi connectivity index (χ0) is 9.84. The molecule has 0 fully saturated rings. The van der Waals surface area contributed by atoms with Crippen LogP contribution in [-0.4, -0.2) is 18.6 Å². The van der Waals surface area contributed by atoms with E-state index in [1.165, 1.54) is 16.8 Å². The van der Waals surface area contributed by atoms with Crippen LogP contribution in [0.4, 0.5) is 5.69 Å². The van der Waals surface area contributed by atoms with Crippen molar-refractivity contribution in [3.8, 4) is 0 Å². The smallest absolute Gasteiger partial charge is 0.0427 e. The molecule has 2 heteroatoms. The third-order valence-electron chi connectivity index (χ3n) is 1.91. The Morgan fingerprint density at radius 2 is 2.31 bits per heavy atom. The van der Waals surface area contributed by atoms with Crippen LogP contribution in [0.5, 0.6) is 0 Å². The third-order valence-corrected chi connectivity index (χ3v) is 1.91. The van der Waals surface area contributed by atoms with Gasteiger partial charge in [0.2, 0.25) is 0 Å². The van der Waals surface area contributed by atoms with E-state index in [1.54, 1.807) is 0 Å². The predicted octanol–water partition coefficient (Wildman–Crippen LogP) is 2.40. The van der Waals surface area contributed by atoms with Gasteiger partial charge in [-0.05, 0) is 25.5 Å². The molecular weight excluding hydrogens is 160 g/mol. The van der Waals surface area contributed by atoms with E-state index < -0.39 is 0 Å². The standard InChI is InChI=1S/C11H16N2/c1-9(2)8-13(4)11-5-6-12-7-10(11)3/h5-7H,1,8H2,2-4H3. The van der Waals surface area contributed by atoms with Gasteiger partial charge in [-0.25, -0.2) is 0 Å². The number of aryl methyl sites for hydroxylation is 1. The van der Waals surface area contributed by atoms with Crippen molar-refractivity contribution in [1.82, 2.24) is 4.98 Å². The molecule has 0 amide bonds. The van der Waals surface area contributed by atoms with Crippen LogP contribution in [0.3, 0.4) is 0 Å². The summed E-state index contributed by atoms with van der Waals surface area (Å²) < 4.78 is 0. The van der Waals surface area contributed by atoms with Crippen LogP contribution in [0.2, 0.25) is 0 Å². The molecule has 1 aromatic heterocycles. The molecule has 0 aliphatic heterocycles. The van der Waals surface area contributed by atoms with Gasteiger partial charge in [0.15, 0.2) is 0 Å². The molecule has 0 N–H and O–H groups in total. The monoisotopic (exact) mass is 176 g/mol. The second-order valence-electron chi connectivity index (χ2n) is 3.48. The molecule has 0 atom stereocenters. The van der Waals surface area contributed by atoms with Crippen LogP contribution < -0.4 is 4.90 Å². The van der Waals surface area contributed by atoms with E-state index in [0.717, 1.165) is 6.54 Å². The van der Waals surface area contributed by atoms with E-state index >= 15 is 0 Å². The van der Waals surface area contributed by atoms with Crippen LogP contribution in [0.15, 0.2) is 30.6 Å². The number of anilines is 1. The molecule has 1 aromatic rings. The number of hydrogen-bond acceptors (Lipinski definition) is 2. The van der Waals surface area contributed by atoms with Crippen molar-refractivity contribution in [1.29, 1.82) is 0 Å². The minimum Gasteiger partial charge on any atom is -0.370 e. The Kier molecular flexibility index (Phi) is 3.07. The lowest BCUT2D eigenvalue weighted by atomic mass is 10.2. The number of hydrogen-bond donors (Lipinski definition) is 0. The first-order valence-corrected chi connectivity index (χ1v) is 4.37. The first-order valence-electron chi connectivity index (χ1n) is 4.37. The molecule has 2 nitrogen and oxygen atoms in total. The topological polar surface area (TPSA) is 16.1 Å². The zero-order valence-electron chi connectivity index (χ0n) is 8.54. The first-order chi connectivity index (χ1) is 6.11. The van der Waals surface area contributed by atoms with Crippen molar-refractivity contribution in [2.75, 3.05) is 18.5 Å². The van der Waals surface area contributed by atoms with E-state index in [4.69, 9.17) is 0 Å². The van der Waals surface area contributed by atoms with Gasteiger partial charge < -0.3 is 4.90 Å². The Balaban J connectivity index is 2.82. The maximum atomic E-state index is 4.06. The number of pyridine rings is 1. The SMILES string of the molecule is C=C(C)CN(C)c1ccncc1C. The van der Waals surface area contributed by atoms with Gasteiger partial charge in [-0.3, -0.25) is 4.98 Å². The summed E-state index contributed by atoms with van der Waals surface area (Å²) in [5, 5.41) is 0. The average Bonchev–Trinajstić information content (AvgIpc) is 2.03. The maximum absolute atomic E-state index is 4.06. The molecule has 0 saturated heterocycles. The molecule has 0 saturated carbocycles. The fraction of sp³-hybridized carbons (Fsp3) is 0.364. The second-order valence-corrected chi connectivity index (χ2v) is 3.48. The van der Waals surface area contributed by atoms with Gasteiger partial charge in [0.1, 0.15) is 0 Å². The number of nitrogens with zero attached hydrogens (tertiary/aromatic N) is 2. The zero-order valence-corrected chi connectivity index (χ0v) is 8.54. The molecule has 13 heavy (non-hydrogen) atoms. The summed E-state index contributed by atoms with van der Waals surface area (Å²) >= 11 is 0. The van der Waals surface area contributed by atoms with Crippen LogP contribution in [0.1, 0.15) is 12.5 Å². The third kappa shape index (κ3) is 2.58. The average molecular weight is 176 g/mol. The van der Waals surface area contributed by atoms with Gasteiger partial charge in [0, 0.05) is 31.7 Å². The van der Waals surface area contributed by atoms with Gasteiger partial charge in [-0.1, -0.05) is 12.2 Å². The van der Waals surface area contributed by atoms with Crippen molar-refractivity contribution < 1.29 is 0 Å². The molecule has 0 aliphatic carbocycles. The van der Waals surface area contributed by atoms with Gasteiger partial charge in [0.05, 0.1) is 0 Å². The largest absolute Gasteiger partial charge is 0.370 e. The van der Waals surface area contributed by atoms with Crippen molar-refractivity contribution in [3.05, 3.63) is 36.2 Å². The highest BCUT2D eigenvalue weighted by molar-refractivity contribution is 5.51. The summed E-state index contributed by atoms with van der Waals surface area (Å²) in [6, 6.07) is 2.03. The molecule has 0 unspecified atom stereocenters. The van der Waals surface area contributed by atoms with Crippen LogP contribution in [-0.2, 0) is 0 Å². The molecule has 0 aromatic carbocycles. The molecule has 70 valence electrons. The van der Waals surface area contributed by atoms with E-state index in [9.17, 15) is 0 Å². The van der Waals surface area contributed by atoms with E-state index in [1.807, 2.05) is 25.4 Å². The Bertz CT molecular complexity index is 305. The number of likely N-dealkylation sites (N-methyl/N-ethyl adjacent to an activating group) is 1. The summed E-state index contributed by atoms with van der Waals surface area (Å²) in [7, 11) is 2.07. The molecule has 0 radical (unpaired) electrons. The molecule has 0 aliphatic rings. The highest BCUT2D eigenvalue weighted by atomic mass is 15.1. The van der Waals surface area contributed by atoms with Gasteiger partial charge in [0.25, 0.3) is 0 Å². The summed E-state index contributed by atoms with van der Waals surface area (Å²) in [4.78, 5) is 6.24. The summed E-state index contributed by atoms with van der Waals surface area (Å²) in [5.41, 5.74) is 3.59. The summed E-state index contributed by atoms with van der Waals surface area (Å²) in [6.45, 7) is 8.89.